The summed E-state index contributed by atoms with van der Waals surface area (Å²) in [5.74, 6) is -0.978. The van der Waals surface area contributed by atoms with E-state index in [1.807, 2.05) is 0 Å². The van der Waals surface area contributed by atoms with Gasteiger partial charge in [0, 0.05) is 5.41 Å². The van der Waals surface area contributed by atoms with Gasteiger partial charge in [-0.05, 0) is 33.6 Å². The van der Waals surface area contributed by atoms with E-state index < -0.39 is 29.2 Å². The molecule has 0 aromatic heterocycles. The van der Waals surface area contributed by atoms with Gasteiger partial charge in [-0.1, -0.05) is 6.08 Å². The minimum atomic E-state index is -0.978. The van der Waals surface area contributed by atoms with Gasteiger partial charge in [0.1, 0.15) is 11.6 Å². The van der Waals surface area contributed by atoms with E-state index in [2.05, 4.69) is 6.58 Å². The SMILES string of the molecule is C=CCOC1C23C[C@@]12C[C@@H](C(=O)O)N3C(=O)OC(C)(C)C. The maximum atomic E-state index is 12.4. The number of nitrogens with zero attached hydrogens (tertiary/aromatic N) is 1. The van der Waals surface area contributed by atoms with Crippen molar-refractivity contribution in [2.24, 2.45) is 5.41 Å². The van der Waals surface area contributed by atoms with Crippen molar-refractivity contribution < 1.29 is 24.2 Å². The molecule has 2 aliphatic carbocycles. The Hall–Kier alpha value is -1.56. The van der Waals surface area contributed by atoms with Crippen LogP contribution >= 0.6 is 0 Å². The lowest BCUT2D eigenvalue weighted by Crippen LogP contribution is -2.52. The molecule has 116 valence electrons. The van der Waals surface area contributed by atoms with Gasteiger partial charge in [0.05, 0.1) is 18.2 Å². The summed E-state index contributed by atoms with van der Waals surface area (Å²) in [6.45, 7) is 9.33. The number of piperidine rings is 2. The lowest BCUT2D eigenvalue weighted by atomic mass is 9.99. The maximum Gasteiger partial charge on any atom is 0.411 e. The number of carboxylic acid groups (broad SMARTS) is 1. The van der Waals surface area contributed by atoms with E-state index in [1.165, 1.54) is 4.90 Å². The highest BCUT2D eigenvalue weighted by Gasteiger charge is 2.99. The maximum absolute atomic E-state index is 12.4. The van der Waals surface area contributed by atoms with E-state index in [4.69, 9.17) is 9.47 Å². The van der Waals surface area contributed by atoms with E-state index in [-0.39, 0.29) is 11.5 Å². The van der Waals surface area contributed by atoms with Crippen LogP contribution < -0.4 is 0 Å². The molecular formula is C15H21NO5. The Balaban J connectivity index is 1.80. The van der Waals surface area contributed by atoms with Crippen molar-refractivity contribution in [2.75, 3.05) is 6.61 Å². The van der Waals surface area contributed by atoms with Gasteiger partial charge in [-0.2, -0.15) is 0 Å². The molecule has 0 spiro atoms. The molecule has 3 rings (SSSR count). The van der Waals surface area contributed by atoms with Crippen LogP contribution in [0.2, 0.25) is 0 Å². The summed E-state index contributed by atoms with van der Waals surface area (Å²) in [6, 6.07) is -0.808. The fraction of sp³-hybridized carbons (Fsp3) is 0.733. The zero-order valence-electron chi connectivity index (χ0n) is 12.6. The summed E-state index contributed by atoms with van der Waals surface area (Å²) in [4.78, 5) is 25.3. The predicted molar refractivity (Wildman–Crippen MR) is 73.8 cm³/mol. The van der Waals surface area contributed by atoms with E-state index in [0.717, 1.165) is 6.42 Å². The number of carbonyl (C=O) groups excluding carboxylic acids is 1. The monoisotopic (exact) mass is 295 g/mol. The van der Waals surface area contributed by atoms with E-state index in [0.29, 0.717) is 13.0 Å². The molecule has 0 aromatic carbocycles. The van der Waals surface area contributed by atoms with Gasteiger partial charge in [-0.15, -0.1) is 6.58 Å². The first kappa shape index (κ1) is 14.4. The first-order chi connectivity index (χ1) is 9.69. The Morgan fingerprint density at radius 1 is 1.48 bits per heavy atom. The van der Waals surface area contributed by atoms with Gasteiger partial charge < -0.3 is 14.6 Å². The standard InChI is InChI=1S/C15H21NO5/c1-5-6-20-11-14-7-9(10(17)18)16(15(11,14)8-14)12(19)21-13(2,3)4/h5,9,11H,1,6-8H2,2-4H3,(H,17,18)/t9-,11?,14-,15?/m0/s1. The van der Waals surface area contributed by atoms with Crippen molar-refractivity contribution in [1.29, 1.82) is 0 Å². The van der Waals surface area contributed by atoms with Crippen LogP contribution in [0.1, 0.15) is 33.6 Å². The molecule has 3 aliphatic rings. The van der Waals surface area contributed by atoms with E-state index in [9.17, 15) is 14.7 Å². The van der Waals surface area contributed by atoms with Gasteiger partial charge >= 0.3 is 12.1 Å². The number of rotatable bonds is 4. The molecular weight excluding hydrogens is 274 g/mol. The molecule has 1 aliphatic heterocycles. The third-order valence-corrected chi connectivity index (χ3v) is 4.73. The predicted octanol–water partition coefficient (Wildman–Crippen LogP) is 1.79. The van der Waals surface area contributed by atoms with Crippen LogP contribution in [0, 0.1) is 5.41 Å². The van der Waals surface area contributed by atoms with Crippen LogP contribution in [0.15, 0.2) is 12.7 Å². The van der Waals surface area contributed by atoms with Crippen molar-refractivity contribution in [3.05, 3.63) is 12.7 Å². The number of carbonyl (C=O) groups is 2. The smallest absolute Gasteiger partial charge is 0.411 e. The van der Waals surface area contributed by atoms with Crippen LogP contribution in [0.3, 0.4) is 0 Å². The molecule has 1 amide bonds. The zero-order chi connectivity index (χ0) is 15.6. The van der Waals surface area contributed by atoms with Gasteiger partial charge in [0.25, 0.3) is 0 Å². The van der Waals surface area contributed by atoms with Crippen LogP contribution in [-0.2, 0) is 14.3 Å². The Labute approximate surface area is 123 Å². The lowest BCUT2D eigenvalue weighted by molar-refractivity contribution is -0.145. The van der Waals surface area contributed by atoms with Gasteiger partial charge in [0.15, 0.2) is 0 Å². The quantitative estimate of drug-likeness (QED) is 0.800. The third-order valence-electron chi connectivity index (χ3n) is 4.73. The average molecular weight is 295 g/mol. The minimum absolute atomic E-state index is 0.0777. The van der Waals surface area contributed by atoms with E-state index in [1.54, 1.807) is 26.8 Å². The fourth-order valence-electron chi connectivity index (χ4n) is 3.88. The molecule has 1 heterocycles. The van der Waals surface area contributed by atoms with Crippen LogP contribution in [0.5, 0.6) is 0 Å². The summed E-state index contributed by atoms with van der Waals surface area (Å²) in [6.07, 6.45) is 2.28. The number of carboxylic acids is 1. The number of amides is 1. The fourth-order valence-corrected chi connectivity index (χ4v) is 3.88. The van der Waals surface area contributed by atoms with E-state index >= 15 is 0 Å². The molecule has 21 heavy (non-hydrogen) atoms. The van der Waals surface area contributed by atoms with Crippen molar-refractivity contribution in [3.8, 4) is 0 Å². The molecule has 6 heteroatoms. The molecule has 1 saturated heterocycles. The van der Waals surface area contributed by atoms with Crippen LogP contribution in [0.25, 0.3) is 0 Å². The highest BCUT2D eigenvalue weighted by Crippen LogP contribution is 2.88. The first-order valence-corrected chi connectivity index (χ1v) is 7.17. The summed E-state index contributed by atoms with van der Waals surface area (Å²) in [5, 5.41) is 9.36. The number of hydrogen-bond donors (Lipinski definition) is 1. The van der Waals surface area contributed by atoms with Crippen molar-refractivity contribution >= 4 is 12.1 Å². The Morgan fingerprint density at radius 3 is 2.67 bits per heavy atom. The highest BCUT2D eigenvalue weighted by atomic mass is 16.6. The second-order valence-corrected chi connectivity index (χ2v) is 7.17. The minimum Gasteiger partial charge on any atom is -0.480 e. The lowest BCUT2D eigenvalue weighted by Gasteiger charge is -2.35. The average Bonchev–Trinajstić information content (AvgIpc) is 3.07. The number of hydrogen-bond acceptors (Lipinski definition) is 4. The number of likely N-dealkylation sites (tertiary alicyclic amines) is 1. The van der Waals surface area contributed by atoms with Crippen molar-refractivity contribution in [3.63, 3.8) is 0 Å². The van der Waals surface area contributed by atoms with Gasteiger partial charge in [0.2, 0.25) is 0 Å². The molecule has 0 aromatic rings. The molecule has 3 fully saturated rings. The van der Waals surface area contributed by atoms with Crippen molar-refractivity contribution in [1.82, 2.24) is 4.90 Å². The normalized spacial score (nSPS) is 39.3. The van der Waals surface area contributed by atoms with Gasteiger partial charge in [-0.3, -0.25) is 4.90 Å². The highest BCUT2D eigenvalue weighted by molar-refractivity contribution is 5.86. The molecule has 4 atom stereocenters. The van der Waals surface area contributed by atoms with Crippen LogP contribution in [-0.4, -0.2) is 52.0 Å². The number of aliphatic carboxylic acids is 1. The Kier molecular flexibility index (Phi) is 2.74. The molecule has 0 radical (unpaired) electrons. The topological polar surface area (TPSA) is 76.1 Å². The largest absolute Gasteiger partial charge is 0.480 e. The molecule has 2 saturated carbocycles. The third kappa shape index (κ3) is 1.75. The van der Waals surface area contributed by atoms with Crippen LogP contribution in [0.4, 0.5) is 4.79 Å². The molecule has 0 bridgehead atoms. The summed E-state index contributed by atoms with van der Waals surface area (Å²) in [7, 11) is 0. The molecule has 2 unspecified atom stereocenters. The molecule has 1 N–H and O–H groups in total. The zero-order valence-corrected chi connectivity index (χ0v) is 12.6. The summed E-state index contributed by atoms with van der Waals surface area (Å²) in [5.41, 5.74) is -1.28. The first-order valence-electron chi connectivity index (χ1n) is 7.17. The Bertz CT molecular complexity index is 525. The second kappa shape index (κ2) is 4.00. The second-order valence-electron chi connectivity index (χ2n) is 7.17. The molecule has 6 nitrogen and oxygen atoms in total. The summed E-state index contributed by atoms with van der Waals surface area (Å²) < 4.78 is 11.1. The summed E-state index contributed by atoms with van der Waals surface area (Å²) >= 11 is 0. The van der Waals surface area contributed by atoms with Gasteiger partial charge in [-0.25, -0.2) is 9.59 Å². The number of ether oxygens (including phenoxy) is 2. The Morgan fingerprint density at radius 2 is 2.14 bits per heavy atom. The van der Waals surface area contributed by atoms with Crippen molar-refractivity contribution in [2.45, 2.75) is 56.9 Å².